The molecule has 0 heterocycles. The molecule has 0 radical (unpaired) electrons. The number of esters is 1. The van der Waals surface area contributed by atoms with Crippen molar-refractivity contribution in [3.63, 3.8) is 0 Å². The van der Waals surface area contributed by atoms with Crippen molar-refractivity contribution in [2.45, 2.75) is 19.3 Å². The van der Waals surface area contributed by atoms with Crippen LogP contribution in [0.3, 0.4) is 0 Å². The van der Waals surface area contributed by atoms with Crippen molar-refractivity contribution in [1.82, 2.24) is 0 Å². The molecule has 0 atom stereocenters. The van der Waals surface area contributed by atoms with Crippen molar-refractivity contribution in [2.24, 2.45) is 0 Å². The van der Waals surface area contributed by atoms with Crippen LogP contribution >= 0.6 is 11.6 Å². The van der Waals surface area contributed by atoms with E-state index < -0.39 is 40.4 Å². The molecule has 0 aliphatic rings. The number of carbonyl (C=O) groups excluding carboxylic acids is 3. The monoisotopic (exact) mass is 433 g/mol. The number of nitrogens with zero attached hydrogens (tertiary/aromatic N) is 1. The molecule has 2 rings (SSSR count). The summed E-state index contributed by atoms with van der Waals surface area (Å²) in [5.74, 6) is -2.66. The van der Waals surface area contributed by atoms with Crippen LogP contribution < -0.4 is 0 Å². The molecule has 0 aliphatic heterocycles. The van der Waals surface area contributed by atoms with Gasteiger partial charge in [0.1, 0.15) is 12.4 Å². The number of ether oxygens (including phenoxy) is 1. The zero-order valence-electron chi connectivity index (χ0n) is 15.7. The lowest BCUT2D eigenvalue weighted by Crippen LogP contribution is -2.11. The lowest BCUT2D eigenvalue weighted by Gasteiger charge is -2.08. The molecule has 156 valence electrons. The van der Waals surface area contributed by atoms with Gasteiger partial charge in [-0.25, -0.2) is 4.39 Å². The number of benzene rings is 2. The number of ketones is 2. The predicted molar refractivity (Wildman–Crippen MR) is 107 cm³/mol. The van der Waals surface area contributed by atoms with Gasteiger partial charge in [0.15, 0.2) is 11.6 Å². The standard InChI is InChI=1S/C21H17ClFNO6/c1-2-10-30-20(27)9-8-18(25)13-6-7-17(24(28)29)14(11-13)12-19(26)21-15(22)4-3-5-16(21)23/h2-7,11H,1,8-10,12H2. The molecule has 0 spiro atoms. The zero-order chi connectivity index (χ0) is 22.3. The quantitative estimate of drug-likeness (QED) is 0.179. The fourth-order valence-electron chi connectivity index (χ4n) is 2.69. The van der Waals surface area contributed by atoms with Crippen LogP contribution in [0.4, 0.5) is 10.1 Å². The molecule has 2 aromatic rings. The molecular formula is C21H17ClFNO6. The van der Waals surface area contributed by atoms with Crippen LogP contribution in [-0.4, -0.2) is 29.1 Å². The summed E-state index contributed by atoms with van der Waals surface area (Å²) in [7, 11) is 0. The van der Waals surface area contributed by atoms with E-state index in [-0.39, 0.29) is 41.2 Å². The lowest BCUT2D eigenvalue weighted by atomic mass is 9.97. The van der Waals surface area contributed by atoms with E-state index in [2.05, 4.69) is 6.58 Å². The first kappa shape index (κ1) is 22.9. The molecule has 0 saturated heterocycles. The van der Waals surface area contributed by atoms with Crippen molar-refractivity contribution in [2.75, 3.05) is 6.61 Å². The highest BCUT2D eigenvalue weighted by Gasteiger charge is 2.23. The van der Waals surface area contributed by atoms with Crippen molar-refractivity contribution in [3.05, 3.63) is 86.7 Å². The Kier molecular flexibility index (Phi) is 7.94. The van der Waals surface area contributed by atoms with E-state index in [1.54, 1.807) is 0 Å². The SMILES string of the molecule is C=CCOC(=O)CCC(=O)c1ccc([N+](=O)[O-])c(CC(=O)c2c(F)cccc2Cl)c1. The molecule has 0 aliphatic carbocycles. The number of hydrogen-bond acceptors (Lipinski definition) is 6. The second kappa shape index (κ2) is 10.4. The normalized spacial score (nSPS) is 10.3. The summed E-state index contributed by atoms with van der Waals surface area (Å²) in [6.07, 6.45) is 0.504. The summed E-state index contributed by atoms with van der Waals surface area (Å²) >= 11 is 5.88. The zero-order valence-corrected chi connectivity index (χ0v) is 16.5. The number of Topliss-reactive ketones (excluding diaryl/α,β-unsaturated/α-hetero) is 2. The van der Waals surface area contributed by atoms with Crippen molar-refractivity contribution < 1.29 is 28.4 Å². The van der Waals surface area contributed by atoms with Gasteiger partial charge in [-0.15, -0.1) is 0 Å². The van der Waals surface area contributed by atoms with Crippen LogP contribution in [0.1, 0.15) is 39.1 Å². The lowest BCUT2D eigenvalue weighted by molar-refractivity contribution is -0.385. The van der Waals surface area contributed by atoms with Gasteiger partial charge in [-0.3, -0.25) is 24.5 Å². The smallest absolute Gasteiger partial charge is 0.306 e. The maximum Gasteiger partial charge on any atom is 0.306 e. The number of nitro benzene ring substituents is 1. The Bertz CT molecular complexity index is 1000. The first-order chi connectivity index (χ1) is 14.2. The highest BCUT2D eigenvalue weighted by atomic mass is 35.5. The number of carbonyl (C=O) groups is 3. The average molecular weight is 434 g/mol. The molecule has 0 unspecified atom stereocenters. The van der Waals surface area contributed by atoms with Gasteiger partial charge in [0.05, 0.1) is 21.9 Å². The van der Waals surface area contributed by atoms with Gasteiger partial charge in [0, 0.05) is 30.0 Å². The van der Waals surface area contributed by atoms with Crippen LogP contribution in [0.2, 0.25) is 5.02 Å². The third-order valence-electron chi connectivity index (χ3n) is 4.11. The Hall–Kier alpha value is -3.39. The number of halogens is 2. The summed E-state index contributed by atoms with van der Waals surface area (Å²) in [6, 6.07) is 7.24. The molecule has 9 heteroatoms. The van der Waals surface area contributed by atoms with Crippen LogP contribution in [0, 0.1) is 15.9 Å². The first-order valence-corrected chi connectivity index (χ1v) is 9.16. The summed E-state index contributed by atoms with van der Waals surface area (Å²) in [5, 5.41) is 11.2. The maximum absolute atomic E-state index is 14.0. The average Bonchev–Trinajstić information content (AvgIpc) is 2.70. The van der Waals surface area contributed by atoms with Gasteiger partial charge in [-0.2, -0.15) is 0 Å². The molecule has 0 bridgehead atoms. The predicted octanol–water partition coefficient (Wildman–Crippen LogP) is 4.50. The molecule has 30 heavy (non-hydrogen) atoms. The summed E-state index contributed by atoms with van der Waals surface area (Å²) in [5.41, 5.74) is -0.753. The van der Waals surface area contributed by atoms with Crippen LogP contribution in [0.15, 0.2) is 49.1 Å². The number of rotatable bonds is 10. The van der Waals surface area contributed by atoms with Crippen molar-refractivity contribution in [1.29, 1.82) is 0 Å². The van der Waals surface area contributed by atoms with E-state index in [1.807, 2.05) is 0 Å². The van der Waals surface area contributed by atoms with E-state index in [0.29, 0.717) is 0 Å². The number of nitro groups is 1. The van der Waals surface area contributed by atoms with E-state index in [1.165, 1.54) is 30.3 Å². The van der Waals surface area contributed by atoms with E-state index in [4.69, 9.17) is 16.3 Å². The molecule has 7 nitrogen and oxygen atoms in total. The van der Waals surface area contributed by atoms with Crippen molar-refractivity contribution in [3.8, 4) is 0 Å². The van der Waals surface area contributed by atoms with Gasteiger partial charge in [-0.1, -0.05) is 30.3 Å². The van der Waals surface area contributed by atoms with Crippen molar-refractivity contribution >= 4 is 34.8 Å². The Morgan fingerprint density at radius 1 is 1.17 bits per heavy atom. The summed E-state index contributed by atoms with van der Waals surface area (Å²) in [4.78, 5) is 47.0. The van der Waals surface area contributed by atoms with Gasteiger partial charge < -0.3 is 4.74 Å². The minimum Gasteiger partial charge on any atom is -0.461 e. The van der Waals surface area contributed by atoms with Crippen LogP contribution in [0.25, 0.3) is 0 Å². The van der Waals surface area contributed by atoms with Crippen LogP contribution in [-0.2, 0) is 16.0 Å². The second-order valence-electron chi connectivity index (χ2n) is 6.19. The molecule has 0 saturated carbocycles. The highest BCUT2D eigenvalue weighted by molar-refractivity contribution is 6.34. The van der Waals surface area contributed by atoms with Gasteiger partial charge in [0.2, 0.25) is 0 Å². The van der Waals surface area contributed by atoms with Gasteiger partial charge in [0.25, 0.3) is 5.69 Å². The Balaban J connectivity index is 2.25. The van der Waals surface area contributed by atoms with E-state index in [0.717, 1.165) is 12.1 Å². The van der Waals surface area contributed by atoms with E-state index in [9.17, 15) is 28.9 Å². The Labute approximate surface area is 176 Å². The minimum absolute atomic E-state index is 0.0232. The molecule has 0 N–H and O–H groups in total. The van der Waals surface area contributed by atoms with Crippen LogP contribution in [0.5, 0.6) is 0 Å². The van der Waals surface area contributed by atoms with Gasteiger partial charge in [-0.05, 0) is 24.3 Å². The summed E-state index contributed by atoms with van der Waals surface area (Å²) < 4.78 is 18.8. The Morgan fingerprint density at radius 2 is 1.90 bits per heavy atom. The fourth-order valence-corrected chi connectivity index (χ4v) is 2.96. The molecule has 0 fully saturated rings. The summed E-state index contributed by atoms with van der Waals surface area (Å²) in [6.45, 7) is 3.43. The number of hydrogen-bond donors (Lipinski definition) is 0. The topological polar surface area (TPSA) is 104 Å². The van der Waals surface area contributed by atoms with Gasteiger partial charge >= 0.3 is 5.97 Å². The highest BCUT2D eigenvalue weighted by Crippen LogP contribution is 2.26. The minimum atomic E-state index is -0.847. The third kappa shape index (κ3) is 5.81. The molecular weight excluding hydrogens is 417 g/mol. The molecule has 2 aromatic carbocycles. The molecule has 0 amide bonds. The second-order valence-corrected chi connectivity index (χ2v) is 6.60. The largest absolute Gasteiger partial charge is 0.461 e. The maximum atomic E-state index is 14.0. The fraction of sp³-hybridized carbons (Fsp3) is 0.190. The van der Waals surface area contributed by atoms with E-state index >= 15 is 0 Å². The first-order valence-electron chi connectivity index (χ1n) is 8.78. The Morgan fingerprint density at radius 3 is 2.53 bits per heavy atom. The third-order valence-corrected chi connectivity index (χ3v) is 4.42. The molecule has 0 aromatic heterocycles.